The lowest BCUT2D eigenvalue weighted by molar-refractivity contribution is -0.201. The normalized spacial score (nSPS) is 30.0. The molecule has 3 saturated heterocycles. The lowest BCUT2D eigenvalue weighted by Crippen LogP contribution is -2.70. The number of nitrogens with zero attached hydrogens (tertiary/aromatic N) is 2. The van der Waals surface area contributed by atoms with Gasteiger partial charge in [0.1, 0.15) is 12.1 Å². The van der Waals surface area contributed by atoms with Crippen LogP contribution in [0.3, 0.4) is 0 Å². The van der Waals surface area contributed by atoms with E-state index in [1.165, 1.54) is 6.07 Å². The topological polar surface area (TPSA) is 123 Å². The number of hydrogen-bond donors (Lipinski definition) is 3. The van der Waals surface area contributed by atoms with Crippen LogP contribution in [-0.2, 0) is 20.0 Å². The largest absolute Gasteiger partial charge is 0.372 e. The molecule has 214 valence electrons. The molecule has 0 aromatic heterocycles. The molecule has 4 fully saturated rings. The molecule has 0 spiro atoms. The number of benzene rings is 2. The molecular formula is C30H29ClF2N4O4. The van der Waals surface area contributed by atoms with Gasteiger partial charge in [-0.3, -0.25) is 14.4 Å². The number of alkyl halides is 2. The van der Waals surface area contributed by atoms with E-state index in [0.29, 0.717) is 24.1 Å². The van der Waals surface area contributed by atoms with E-state index in [-0.39, 0.29) is 41.3 Å². The number of halogens is 3. The van der Waals surface area contributed by atoms with Crippen LogP contribution in [0.15, 0.2) is 42.5 Å². The van der Waals surface area contributed by atoms with Crippen LogP contribution in [0.1, 0.15) is 49.7 Å². The Labute approximate surface area is 240 Å². The van der Waals surface area contributed by atoms with Crippen LogP contribution in [0.25, 0.3) is 11.1 Å². The fourth-order valence-electron chi connectivity index (χ4n) is 7.19. The van der Waals surface area contributed by atoms with Gasteiger partial charge in [-0.05, 0) is 55.4 Å². The molecular weight excluding hydrogens is 554 g/mol. The lowest BCUT2D eigenvalue weighted by atomic mass is 9.70. The van der Waals surface area contributed by atoms with Gasteiger partial charge in [0.2, 0.25) is 11.8 Å². The molecule has 7 rings (SSSR count). The number of hydrogen-bond acceptors (Lipinski definition) is 5. The van der Waals surface area contributed by atoms with Crippen molar-refractivity contribution in [3.8, 4) is 17.2 Å². The first-order valence-corrected chi connectivity index (χ1v) is 14.2. The van der Waals surface area contributed by atoms with Crippen molar-refractivity contribution in [2.75, 3.05) is 6.54 Å². The summed E-state index contributed by atoms with van der Waals surface area (Å²) in [7, 11) is 0. The molecule has 2 aromatic rings. The zero-order chi connectivity index (χ0) is 29.1. The Morgan fingerprint density at radius 1 is 1.17 bits per heavy atom. The lowest BCUT2D eigenvalue weighted by Gasteiger charge is -2.54. The van der Waals surface area contributed by atoms with Crippen molar-refractivity contribution in [2.45, 2.75) is 68.2 Å². The second-order valence-corrected chi connectivity index (χ2v) is 11.9. The number of amides is 3. The monoisotopic (exact) mass is 582 g/mol. The van der Waals surface area contributed by atoms with Crippen LogP contribution in [0.4, 0.5) is 8.78 Å². The molecule has 3 amide bonds. The summed E-state index contributed by atoms with van der Waals surface area (Å²) in [4.78, 5) is 41.6. The Kier molecular flexibility index (Phi) is 6.78. The first kappa shape index (κ1) is 27.6. The van der Waals surface area contributed by atoms with E-state index in [1.807, 2.05) is 6.07 Å². The third-order valence-electron chi connectivity index (χ3n) is 9.12. The van der Waals surface area contributed by atoms with E-state index in [0.717, 1.165) is 11.3 Å². The van der Waals surface area contributed by atoms with Crippen molar-refractivity contribution in [3.05, 3.63) is 58.6 Å². The van der Waals surface area contributed by atoms with Crippen molar-refractivity contribution >= 4 is 29.3 Å². The van der Waals surface area contributed by atoms with Crippen molar-refractivity contribution < 1.29 is 28.3 Å². The first-order chi connectivity index (χ1) is 19.6. The van der Waals surface area contributed by atoms with Crippen LogP contribution < -0.4 is 10.6 Å². The Balaban J connectivity index is 1.36. The predicted molar refractivity (Wildman–Crippen MR) is 144 cm³/mol. The van der Waals surface area contributed by atoms with Gasteiger partial charge in [-0.2, -0.15) is 5.26 Å². The second-order valence-electron chi connectivity index (χ2n) is 11.5. The zero-order valence-corrected chi connectivity index (χ0v) is 22.8. The molecule has 0 unspecified atom stereocenters. The van der Waals surface area contributed by atoms with E-state index < -0.39 is 59.7 Å². The number of carbonyl (C=O) groups excluding carboxylic acids is 3. The molecule has 5 aliphatic rings. The number of nitriles is 1. The van der Waals surface area contributed by atoms with Crippen LogP contribution in [0.2, 0.25) is 5.02 Å². The van der Waals surface area contributed by atoms with Crippen LogP contribution >= 0.6 is 11.6 Å². The van der Waals surface area contributed by atoms with Gasteiger partial charge in [-0.25, -0.2) is 8.78 Å². The molecule has 3 heterocycles. The van der Waals surface area contributed by atoms with Gasteiger partial charge < -0.3 is 20.6 Å². The highest BCUT2D eigenvalue weighted by Gasteiger charge is 2.63. The van der Waals surface area contributed by atoms with Crippen molar-refractivity contribution in [1.82, 2.24) is 15.5 Å². The predicted octanol–water partition coefficient (Wildman–Crippen LogP) is 3.50. The Hall–Kier alpha value is -3.55. The number of piperidine rings is 3. The summed E-state index contributed by atoms with van der Waals surface area (Å²) in [5.74, 6) is -7.19. The average Bonchev–Trinajstić information content (AvgIpc) is 3.21. The molecule has 2 bridgehead atoms. The van der Waals surface area contributed by atoms with Gasteiger partial charge >= 0.3 is 0 Å². The average molecular weight is 583 g/mol. The number of aliphatic hydroxyl groups is 1. The van der Waals surface area contributed by atoms with E-state index in [1.54, 1.807) is 36.4 Å². The minimum absolute atomic E-state index is 0.0131. The molecule has 2 aromatic carbocycles. The summed E-state index contributed by atoms with van der Waals surface area (Å²) in [5.41, 5.74) is -0.546. The molecule has 2 aliphatic carbocycles. The number of fused-ring (bicyclic) bond motifs is 6. The second kappa shape index (κ2) is 10.1. The minimum atomic E-state index is -3.22. The third-order valence-corrected chi connectivity index (χ3v) is 9.35. The smallest absolute Gasteiger partial charge is 0.264 e. The van der Waals surface area contributed by atoms with Crippen LogP contribution in [0.5, 0.6) is 0 Å². The van der Waals surface area contributed by atoms with Crippen LogP contribution in [0, 0.1) is 23.2 Å². The van der Waals surface area contributed by atoms with Gasteiger partial charge in [0.25, 0.3) is 11.8 Å². The highest BCUT2D eigenvalue weighted by Crippen LogP contribution is 2.54. The van der Waals surface area contributed by atoms with Crippen LogP contribution in [-0.4, -0.2) is 58.3 Å². The van der Waals surface area contributed by atoms with Gasteiger partial charge in [-0.15, -0.1) is 0 Å². The molecule has 0 radical (unpaired) electrons. The molecule has 6 atom stereocenters. The molecule has 8 nitrogen and oxygen atoms in total. The van der Waals surface area contributed by atoms with Crippen molar-refractivity contribution in [2.24, 2.45) is 11.8 Å². The number of rotatable bonds is 5. The van der Waals surface area contributed by atoms with Crippen molar-refractivity contribution in [3.63, 3.8) is 0 Å². The van der Waals surface area contributed by atoms with E-state index in [9.17, 15) is 24.8 Å². The number of nitrogens with one attached hydrogen (secondary N) is 2. The number of carbonyl (C=O) groups is 3. The van der Waals surface area contributed by atoms with E-state index in [4.69, 9.17) is 11.6 Å². The standard InChI is InChI=1S/C30H29ClF2N4O4/c31-17-7-9-21-20-5-1-2-6-22(20)30(41,24(21)13-17)28(40)37-19-8-10-23(29(32,33)14-19)25(37)27(39)36-18(15-34)12-16-4-3-11-35-26(16)38/h1-2,5-7,9,13,16,18-19,23,25,41H,3-4,8,10-12,14H2,(H,35,38)(H,36,39)/t16-,18+,19+,23+,25-,30-/m1/s1. The van der Waals surface area contributed by atoms with E-state index >= 15 is 8.78 Å². The summed E-state index contributed by atoms with van der Waals surface area (Å²) in [6.45, 7) is 0.538. The summed E-state index contributed by atoms with van der Waals surface area (Å²) >= 11 is 6.27. The maximum Gasteiger partial charge on any atom is 0.264 e. The summed E-state index contributed by atoms with van der Waals surface area (Å²) in [6.07, 6.45) is 0.943. The van der Waals surface area contributed by atoms with Gasteiger partial charge in [0, 0.05) is 41.1 Å². The Morgan fingerprint density at radius 3 is 2.66 bits per heavy atom. The minimum Gasteiger partial charge on any atom is -0.372 e. The Morgan fingerprint density at radius 2 is 1.93 bits per heavy atom. The SMILES string of the molecule is N#C[C@H](C[C@H]1CCCNC1=O)NC(=O)[C@H]1[C@@H]2CC[C@@H](CC2(F)F)N1C(=O)[C@@]1(O)c2ccccc2-c2ccc(Cl)cc21. The maximum atomic E-state index is 15.3. The molecule has 3 aliphatic heterocycles. The molecule has 11 heteroatoms. The highest BCUT2D eigenvalue weighted by molar-refractivity contribution is 6.31. The highest BCUT2D eigenvalue weighted by atomic mass is 35.5. The summed E-state index contributed by atoms with van der Waals surface area (Å²) in [6, 6.07) is 9.88. The molecule has 41 heavy (non-hydrogen) atoms. The first-order valence-electron chi connectivity index (χ1n) is 13.9. The zero-order valence-electron chi connectivity index (χ0n) is 22.1. The summed E-state index contributed by atoms with van der Waals surface area (Å²) in [5, 5.41) is 27.6. The molecule has 3 N–H and O–H groups in total. The van der Waals surface area contributed by atoms with Crippen molar-refractivity contribution in [1.29, 1.82) is 5.26 Å². The summed E-state index contributed by atoms with van der Waals surface area (Å²) < 4.78 is 30.6. The molecule has 1 saturated carbocycles. The quantitative estimate of drug-likeness (QED) is 0.498. The van der Waals surface area contributed by atoms with E-state index in [2.05, 4.69) is 10.6 Å². The fraction of sp³-hybridized carbons (Fsp3) is 0.467. The van der Waals surface area contributed by atoms with Gasteiger partial charge in [-0.1, -0.05) is 41.9 Å². The van der Waals surface area contributed by atoms with Gasteiger partial charge in [0.05, 0.1) is 12.0 Å². The maximum absolute atomic E-state index is 15.3. The third kappa shape index (κ3) is 4.37. The van der Waals surface area contributed by atoms with Gasteiger partial charge in [0.15, 0.2) is 5.60 Å². The fourth-order valence-corrected chi connectivity index (χ4v) is 7.36. The Bertz CT molecular complexity index is 1480.